The van der Waals surface area contributed by atoms with Crippen molar-refractivity contribution in [3.05, 3.63) is 65.2 Å². The van der Waals surface area contributed by atoms with Gasteiger partial charge in [-0.2, -0.15) is 0 Å². The molecule has 0 bridgehead atoms. The number of hydrogen-bond acceptors (Lipinski definition) is 2. The van der Waals surface area contributed by atoms with Gasteiger partial charge in [-0.3, -0.25) is 4.79 Å². The largest absolute Gasteiger partial charge is 0.497 e. The third-order valence-electron chi connectivity index (χ3n) is 3.24. The van der Waals surface area contributed by atoms with Gasteiger partial charge in [0.2, 0.25) is 0 Å². The lowest BCUT2D eigenvalue weighted by Crippen LogP contribution is -2.22. The molecular formula is C17H19NO2. The predicted molar refractivity (Wildman–Crippen MR) is 80.0 cm³/mol. The molecule has 2 aromatic rings. The lowest BCUT2D eigenvalue weighted by atomic mass is 10.1. The maximum Gasteiger partial charge on any atom is 0.251 e. The van der Waals surface area contributed by atoms with Gasteiger partial charge < -0.3 is 10.1 Å². The molecule has 0 saturated heterocycles. The SMILES string of the molecule is CCc1ccc(C(=O)NCc2ccc(OC)cc2)cc1. The van der Waals surface area contributed by atoms with Gasteiger partial charge in [-0.25, -0.2) is 0 Å². The van der Waals surface area contributed by atoms with Crippen LogP contribution in [0.15, 0.2) is 48.5 Å². The quantitative estimate of drug-likeness (QED) is 0.905. The third kappa shape index (κ3) is 3.60. The summed E-state index contributed by atoms with van der Waals surface area (Å²) in [7, 11) is 1.64. The summed E-state index contributed by atoms with van der Waals surface area (Å²) >= 11 is 0. The van der Waals surface area contributed by atoms with Gasteiger partial charge in [0.25, 0.3) is 5.91 Å². The van der Waals surface area contributed by atoms with Crippen LogP contribution in [-0.2, 0) is 13.0 Å². The molecule has 1 amide bonds. The molecule has 3 nitrogen and oxygen atoms in total. The number of carbonyl (C=O) groups is 1. The van der Waals surface area contributed by atoms with Crippen LogP contribution < -0.4 is 10.1 Å². The van der Waals surface area contributed by atoms with Crippen molar-refractivity contribution in [2.45, 2.75) is 19.9 Å². The van der Waals surface area contributed by atoms with Gasteiger partial charge in [-0.05, 0) is 41.8 Å². The fourth-order valence-corrected chi connectivity index (χ4v) is 1.92. The Bertz CT molecular complexity index is 559. The number of benzene rings is 2. The molecule has 0 aliphatic rings. The summed E-state index contributed by atoms with van der Waals surface area (Å²) in [5.74, 6) is 0.763. The number of amides is 1. The minimum Gasteiger partial charge on any atom is -0.497 e. The summed E-state index contributed by atoms with van der Waals surface area (Å²) in [5, 5.41) is 2.91. The first kappa shape index (κ1) is 14.1. The minimum absolute atomic E-state index is 0.0523. The van der Waals surface area contributed by atoms with E-state index < -0.39 is 0 Å². The van der Waals surface area contributed by atoms with Crippen molar-refractivity contribution >= 4 is 5.91 Å². The summed E-state index contributed by atoms with van der Waals surface area (Å²) in [6.07, 6.45) is 0.980. The van der Waals surface area contributed by atoms with Crippen LogP contribution in [0.5, 0.6) is 5.75 Å². The highest BCUT2D eigenvalue weighted by Gasteiger charge is 2.04. The summed E-state index contributed by atoms with van der Waals surface area (Å²) < 4.78 is 5.10. The van der Waals surface area contributed by atoms with Gasteiger partial charge in [0.05, 0.1) is 7.11 Å². The predicted octanol–water partition coefficient (Wildman–Crippen LogP) is 3.19. The van der Waals surface area contributed by atoms with E-state index in [9.17, 15) is 4.79 Å². The molecule has 0 aliphatic heterocycles. The molecule has 0 spiro atoms. The van der Waals surface area contributed by atoms with E-state index >= 15 is 0 Å². The normalized spacial score (nSPS) is 10.1. The first-order valence-electron chi connectivity index (χ1n) is 6.73. The van der Waals surface area contributed by atoms with E-state index in [-0.39, 0.29) is 5.91 Å². The first-order valence-corrected chi connectivity index (χ1v) is 6.73. The molecule has 0 saturated carbocycles. The lowest BCUT2D eigenvalue weighted by Gasteiger charge is -2.07. The second-order valence-corrected chi connectivity index (χ2v) is 4.58. The van der Waals surface area contributed by atoms with E-state index in [1.807, 2.05) is 48.5 Å². The number of methoxy groups -OCH3 is 1. The average molecular weight is 269 g/mol. The molecule has 104 valence electrons. The number of aryl methyl sites for hydroxylation is 1. The molecule has 2 rings (SSSR count). The molecule has 0 atom stereocenters. The zero-order chi connectivity index (χ0) is 14.4. The summed E-state index contributed by atoms with van der Waals surface area (Å²) in [6.45, 7) is 2.61. The molecule has 0 radical (unpaired) electrons. The molecule has 20 heavy (non-hydrogen) atoms. The van der Waals surface area contributed by atoms with Crippen molar-refractivity contribution in [2.75, 3.05) is 7.11 Å². The fraction of sp³-hybridized carbons (Fsp3) is 0.235. The molecule has 0 aromatic heterocycles. The highest BCUT2D eigenvalue weighted by Crippen LogP contribution is 2.11. The topological polar surface area (TPSA) is 38.3 Å². The number of ether oxygens (including phenoxy) is 1. The third-order valence-corrected chi connectivity index (χ3v) is 3.24. The number of carbonyl (C=O) groups excluding carboxylic acids is 1. The zero-order valence-electron chi connectivity index (χ0n) is 11.8. The molecule has 0 aliphatic carbocycles. The van der Waals surface area contributed by atoms with Crippen LogP contribution in [0.2, 0.25) is 0 Å². The van der Waals surface area contributed by atoms with Crippen molar-refractivity contribution in [2.24, 2.45) is 0 Å². The Morgan fingerprint density at radius 1 is 1.00 bits per heavy atom. The Morgan fingerprint density at radius 3 is 2.15 bits per heavy atom. The van der Waals surface area contributed by atoms with Gasteiger partial charge in [-0.15, -0.1) is 0 Å². The van der Waals surface area contributed by atoms with E-state index in [4.69, 9.17) is 4.74 Å². The van der Waals surface area contributed by atoms with E-state index in [1.54, 1.807) is 7.11 Å². The number of hydrogen-bond donors (Lipinski definition) is 1. The van der Waals surface area contributed by atoms with Crippen molar-refractivity contribution in [3.63, 3.8) is 0 Å². The van der Waals surface area contributed by atoms with E-state index in [2.05, 4.69) is 12.2 Å². The van der Waals surface area contributed by atoms with Crippen LogP contribution in [0.1, 0.15) is 28.4 Å². The number of nitrogens with one attached hydrogen (secondary N) is 1. The molecule has 3 heteroatoms. The van der Waals surface area contributed by atoms with Crippen molar-refractivity contribution in [3.8, 4) is 5.75 Å². The zero-order valence-corrected chi connectivity index (χ0v) is 11.8. The molecular weight excluding hydrogens is 250 g/mol. The highest BCUT2D eigenvalue weighted by atomic mass is 16.5. The van der Waals surface area contributed by atoms with Gasteiger partial charge in [0.15, 0.2) is 0 Å². The Hall–Kier alpha value is -2.29. The summed E-state index contributed by atoms with van der Waals surface area (Å²) in [5.41, 5.74) is 2.97. The average Bonchev–Trinajstić information content (AvgIpc) is 2.53. The van der Waals surface area contributed by atoms with Crippen molar-refractivity contribution < 1.29 is 9.53 Å². The molecule has 0 heterocycles. The van der Waals surface area contributed by atoms with E-state index in [0.717, 1.165) is 17.7 Å². The lowest BCUT2D eigenvalue weighted by molar-refractivity contribution is 0.0951. The Labute approximate surface area is 119 Å². The Kier molecular flexibility index (Phi) is 4.77. The smallest absolute Gasteiger partial charge is 0.251 e. The second kappa shape index (κ2) is 6.75. The van der Waals surface area contributed by atoms with Crippen LogP contribution in [0.4, 0.5) is 0 Å². The maximum atomic E-state index is 12.0. The summed E-state index contributed by atoms with van der Waals surface area (Å²) in [4.78, 5) is 12.0. The Morgan fingerprint density at radius 2 is 1.60 bits per heavy atom. The monoisotopic (exact) mass is 269 g/mol. The second-order valence-electron chi connectivity index (χ2n) is 4.58. The Balaban J connectivity index is 1.93. The van der Waals surface area contributed by atoms with Crippen LogP contribution in [0, 0.1) is 0 Å². The van der Waals surface area contributed by atoms with Crippen LogP contribution in [0.25, 0.3) is 0 Å². The molecule has 0 unspecified atom stereocenters. The van der Waals surface area contributed by atoms with Gasteiger partial charge in [-0.1, -0.05) is 31.2 Å². The molecule has 0 fully saturated rings. The van der Waals surface area contributed by atoms with E-state index in [0.29, 0.717) is 12.1 Å². The van der Waals surface area contributed by atoms with Crippen molar-refractivity contribution in [1.29, 1.82) is 0 Å². The highest BCUT2D eigenvalue weighted by molar-refractivity contribution is 5.94. The van der Waals surface area contributed by atoms with Crippen molar-refractivity contribution in [1.82, 2.24) is 5.32 Å². The van der Waals surface area contributed by atoms with E-state index in [1.165, 1.54) is 5.56 Å². The first-order chi connectivity index (χ1) is 9.72. The molecule has 1 N–H and O–H groups in total. The van der Waals surface area contributed by atoms with Gasteiger partial charge >= 0.3 is 0 Å². The fourth-order valence-electron chi connectivity index (χ4n) is 1.92. The van der Waals surface area contributed by atoms with Crippen LogP contribution in [0.3, 0.4) is 0 Å². The number of rotatable bonds is 5. The van der Waals surface area contributed by atoms with Gasteiger partial charge in [0.1, 0.15) is 5.75 Å². The summed E-state index contributed by atoms with van der Waals surface area (Å²) in [6, 6.07) is 15.4. The van der Waals surface area contributed by atoms with Crippen LogP contribution in [-0.4, -0.2) is 13.0 Å². The molecule has 2 aromatic carbocycles. The standard InChI is InChI=1S/C17H19NO2/c1-3-13-4-8-15(9-5-13)17(19)18-12-14-6-10-16(20-2)11-7-14/h4-11H,3,12H2,1-2H3,(H,18,19). The maximum absolute atomic E-state index is 12.0. The minimum atomic E-state index is -0.0523. The van der Waals surface area contributed by atoms with Crippen LogP contribution >= 0.6 is 0 Å². The van der Waals surface area contributed by atoms with Gasteiger partial charge in [0, 0.05) is 12.1 Å².